The molecule has 7 heteroatoms. The summed E-state index contributed by atoms with van der Waals surface area (Å²) in [6.07, 6.45) is 3.51. The Bertz CT molecular complexity index is 1310. The molecule has 2 aromatic carbocycles. The monoisotopic (exact) mass is 407 g/mol. The smallest absolute Gasteiger partial charge is 0.246 e. The molecule has 2 aromatic heterocycles. The van der Waals surface area contributed by atoms with E-state index in [2.05, 4.69) is 4.98 Å². The van der Waals surface area contributed by atoms with E-state index >= 15 is 0 Å². The fourth-order valence-electron chi connectivity index (χ4n) is 4.05. The van der Waals surface area contributed by atoms with Crippen LogP contribution >= 0.6 is 0 Å². The Morgan fingerprint density at radius 3 is 2.66 bits per heavy atom. The van der Waals surface area contributed by atoms with Crippen LogP contribution in [-0.4, -0.2) is 28.8 Å². The van der Waals surface area contributed by atoms with Gasteiger partial charge in [0.2, 0.25) is 10.0 Å². The van der Waals surface area contributed by atoms with Crippen LogP contribution in [0.25, 0.3) is 10.9 Å². The van der Waals surface area contributed by atoms with E-state index in [1.807, 2.05) is 35.0 Å². The molecular formula is C22H18FN3O2S. The molecule has 0 N–H and O–H groups in total. The average molecular weight is 407 g/mol. The molecule has 0 radical (unpaired) electrons. The van der Waals surface area contributed by atoms with Gasteiger partial charge in [-0.25, -0.2) is 12.8 Å². The zero-order chi connectivity index (χ0) is 20.0. The summed E-state index contributed by atoms with van der Waals surface area (Å²) in [5.41, 5.74) is 1.86. The summed E-state index contributed by atoms with van der Waals surface area (Å²) in [4.78, 5) is 4.48. The first-order chi connectivity index (χ1) is 14.1. The zero-order valence-corrected chi connectivity index (χ0v) is 16.3. The van der Waals surface area contributed by atoms with Gasteiger partial charge in [-0.3, -0.25) is 4.98 Å². The van der Waals surface area contributed by atoms with E-state index < -0.39 is 21.9 Å². The van der Waals surface area contributed by atoms with Crippen LogP contribution < -0.4 is 0 Å². The van der Waals surface area contributed by atoms with Crippen molar-refractivity contribution >= 4 is 20.9 Å². The van der Waals surface area contributed by atoms with Gasteiger partial charge in [0.05, 0.1) is 11.6 Å². The molecule has 5 rings (SSSR count). The van der Waals surface area contributed by atoms with E-state index in [0.717, 1.165) is 11.1 Å². The molecule has 4 aromatic rings. The maximum Gasteiger partial charge on any atom is 0.246 e. The van der Waals surface area contributed by atoms with Crippen LogP contribution in [0.15, 0.2) is 84.0 Å². The Morgan fingerprint density at radius 2 is 1.79 bits per heavy atom. The first-order valence-corrected chi connectivity index (χ1v) is 10.8. The number of sulfonamides is 1. The van der Waals surface area contributed by atoms with Gasteiger partial charge in [-0.15, -0.1) is 0 Å². The van der Waals surface area contributed by atoms with Crippen molar-refractivity contribution in [3.63, 3.8) is 0 Å². The second kappa shape index (κ2) is 6.79. The molecule has 3 heterocycles. The second-order valence-corrected chi connectivity index (χ2v) is 8.89. The Hall–Kier alpha value is -3.03. The molecule has 0 bridgehead atoms. The van der Waals surface area contributed by atoms with Crippen molar-refractivity contribution in [2.24, 2.45) is 0 Å². The van der Waals surface area contributed by atoms with Crippen molar-refractivity contribution < 1.29 is 12.8 Å². The molecular weight excluding hydrogens is 389 g/mol. The van der Waals surface area contributed by atoms with Crippen molar-refractivity contribution in [2.75, 3.05) is 6.54 Å². The lowest BCUT2D eigenvalue weighted by Gasteiger charge is -2.36. The first kappa shape index (κ1) is 18.0. The Labute approximate surface area is 168 Å². The van der Waals surface area contributed by atoms with E-state index in [9.17, 15) is 12.8 Å². The maximum atomic E-state index is 14.0. The summed E-state index contributed by atoms with van der Waals surface area (Å²) in [6.45, 7) is 0.819. The molecule has 1 aliphatic rings. The number of benzene rings is 2. The van der Waals surface area contributed by atoms with Crippen molar-refractivity contribution in [2.45, 2.75) is 17.5 Å². The standard InChI is InChI=1S/C22H18FN3O2S/c23-18-8-1-6-17(15-18)22-19-9-4-12-25(19)13-14-26(22)29(27,28)20-10-2-5-16-7-3-11-24-21(16)20/h1-12,15,22H,13-14H2. The summed E-state index contributed by atoms with van der Waals surface area (Å²) in [5.74, 6) is -0.393. The van der Waals surface area contributed by atoms with E-state index in [-0.39, 0.29) is 11.4 Å². The normalized spacial score (nSPS) is 17.3. The molecule has 1 atom stereocenters. The van der Waals surface area contributed by atoms with Gasteiger partial charge < -0.3 is 4.57 Å². The van der Waals surface area contributed by atoms with Crippen LogP contribution in [0.2, 0.25) is 0 Å². The fourth-order valence-corrected chi connectivity index (χ4v) is 5.79. The Balaban J connectivity index is 1.71. The van der Waals surface area contributed by atoms with Gasteiger partial charge in [0.1, 0.15) is 10.7 Å². The lowest BCUT2D eigenvalue weighted by Crippen LogP contribution is -2.42. The minimum Gasteiger partial charge on any atom is -0.348 e. The number of fused-ring (bicyclic) bond motifs is 2. The lowest BCUT2D eigenvalue weighted by molar-refractivity contribution is 0.298. The van der Waals surface area contributed by atoms with Crippen LogP contribution in [0.1, 0.15) is 17.3 Å². The number of pyridine rings is 1. The van der Waals surface area contributed by atoms with E-state index in [1.54, 1.807) is 36.5 Å². The van der Waals surface area contributed by atoms with Gasteiger partial charge in [0, 0.05) is 36.6 Å². The van der Waals surface area contributed by atoms with Gasteiger partial charge in [0.15, 0.2) is 0 Å². The van der Waals surface area contributed by atoms with Crippen molar-refractivity contribution in [3.8, 4) is 0 Å². The molecule has 1 unspecified atom stereocenters. The van der Waals surface area contributed by atoms with Crippen LogP contribution in [-0.2, 0) is 16.6 Å². The number of hydrogen-bond acceptors (Lipinski definition) is 3. The molecule has 146 valence electrons. The minimum atomic E-state index is -3.88. The summed E-state index contributed by atoms with van der Waals surface area (Å²) in [7, 11) is -3.88. The molecule has 0 saturated carbocycles. The van der Waals surface area contributed by atoms with Crippen LogP contribution in [0.3, 0.4) is 0 Å². The highest BCUT2D eigenvalue weighted by molar-refractivity contribution is 7.89. The average Bonchev–Trinajstić information content (AvgIpc) is 3.21. The lowest BCUT2D eigenvalue weighted by atomic mass is 10.0. The number of nitrogens with zero attached hydrogens (tertiary/aromatic N) is 3. The molecule has 0 amide bonds. The Morgan fingerprint density at radius 1 is 0.966 bits per heavy atom. The SMILES string of the molecule is O=S(=O)(c1cccc2cccnc12)N1CCn2cccc2C1c1cccc(F)c1. The largest absolute Gasteiger partial charge is 0.348 e. The van der Waals surface area contributed by atoms with Gasteiger partial charge in [-0.2, -0.15) is 4.31 Å². The summed E-state index contributed by atoms with van der Waals surface area (Å²) < 4.78 is 45.0. The predicted molar refractivity (Wildman–Crippen MR) is 108 cm³/mol. The number of halogens is 1. The van der Waals surface area contributed by atoms with Gasteiger partial charge in [-0.1, -0.05) is 30.3 Å². The molecule has 0 aliphatic carbocycles. The topological polar surface area (TPSA) is 55.2 Å². The zero-order valence-electron chi connectivity index (χ0n) is 15.4. The highest BCUT2D eigenvalue weighted by Crippen LogP contribution is 2.37. The van der Waals surface area contributed by atoms with Crippen molar-refractivity contribution in [3.05, 3.63) is 96.2 Å². The van der Waals surface area contributed by atoms with E-state index in [1.165, 1.54) is 16.4 Å². The number of aromatic nitrogens is 2. The van der Waals surface area contributed by atoms with Crippen LogP contribution in [0.4, 0.5) is 4.39 Å². The summed E-state index contributed by atoms with van der Waals surface area (Å²) >= 11 is 0. The highest BCUT2D eigenvalue weighted by Gasteiger charge is 2.38. The van der Waals surface area contributed by atoms with Crippen LogP contribution in [0, 0.1) is 5.82 Å². The van der Waals surface area contributed by atoms with Gasteiger partial charge in [0.25, 0.3) is 0 Å². The summed E-state index contributed by atoms with van der Waals surface area (Å²) in [6, 6.07) is 18.1. The molecule has 5 nitrogen and oxygen atoms in total. The first-order valence-electron chi connectivity index (χ1n) is 9.32. The number of rotatable bonds is 3. The second-order valence-electron chi connectivity index (χ2n) is 7.03. The Kier molecular flexibility index (Phi) is 4.22. The van der Waals surface area contributed by atoms with Gasteiger partial charge >= 0.3 is 0 Å². The third kappa shape index (κ3) is 2.94. The molecule has 29 heavy (non-hydrogen) atoms. The van der Waals surface area contributed by atoms with Gasteiger partial charge in [-0.05, 0) is 42.0 Å². The molecule has 0 saturated heterocycles. The predicted octanol–water partition coefficient (Wildman–Crippen LogP) is 3.97. The molecule has 0 fully saturated rings. The van der Waals surface area contributed by atoms with Crippen molar-refractivity contribution in [1.82, 2.24) is 13.9 Å². The van der Waals surface area contributed by atoms with E-state index in [0.29, 0.717) is 17.6 Å². The van der Waals surface area contributed by atoms with Crippen molar-refractivity contribution in [1.29, 1.82) is 0 Å². The summed E-state index contributed by atoms with van der Waals surface area (Å²) in [5, 5.41) is 0.760. The third-order valence-electron chi connectivity index (χ3n) is 5.34. The number of hydrogen-bond donors (Lipinski definition) is 0. The van der Waals surface area contributed by atoms with E-state index in [4.69, 9.17) is 0 Å². The van der Waals surface area contributed by atoms with Crippen LogP contribution in [0.5, 0.6) is 0 Å². The molecule has 0 spiro atoms. The quantitative estimate of drug-likeness (QED) is 0.516. The maximum absolute atomic E-state index is 14.0. The highest BCUT2D eigenvalue weighted by atomic mass is 32.2. The molecule has 1 aliphatic heterocycles. The number of para-hydroxylation sites is 1. The minimum absolute atomic E-state index is 0.164. The fraction of sp³-hybridized carbons (Fsp3) is 0.136. The third-order valence-corrected chi connectivity index (χ3v) is 7.24.